The molecule has 3 rings (SSSR count). The highest BCUT2D eigenvalue weighted by atomic mass is 79.9. The lowest BCUT2D eigenvalue weighted by Crippen LogP contribution is -2.28. The maximum Gasteiger partial charge on any atom is 0.273 e. The predicted molar refractivity (Wildman–Crippen MR) is 128 cm³/mol. The second-order valence-electron chi connectivity index (χ2n) is 7.72. The van der Waals surface area contributed by atoms with Crippen molar-refractivity contribution in [1.29, 1.82) is 0 Å². The van der Waals surface area contributed by atoms with E-state index in [0.717, 1.165) is 15.8 Å². The topological polar surface area (TPSA) is 85.2 Å². The molecule has 2 aromatic carbocycles. The molecule has 2 amide bonds. The molecular formula is C24H27BrN4O3. The minimum atomic E-state index is -0.318. The van der Waals surface area contributed by atoms with Crippen molar-refractivity contribution >= 4 is 33.4 Å². The first-order chi connectivity index (χ1) is 15.4. The van der Waals surface area contributed by atoms with E-state index in [1.807, 2.05) is 51.1 Å². The molecule has 0 aliphatic heterocycles. The standard InChI is InChI=1S/C24H27BrN4O3/c1-4-29-14-20(22(28-29)24(31)26-13-16(2)3)27-23(30)18-9-7-8-17(12-18)15-32-21-11-6-5-10-19(21)25/h5-12,14,16H,4,13,15H2,1-3H3,(H,26,31)(H,27,30). The predicted octanol–water partition coefficient (Wildman–Crippen LogP) is 4.88. The third-order valence-corrected chi connectivity index (χ3v) is 5.30. The maximum atomic E-state index is 12.9. The highest BCUT2D eigenvalue weighted by Crippen LogP contribution is 2.25. The van der Waals surface area contributed by atoms with Crippen molar-refractivity contribution in [2.45, 2.75) is 33.9 Å². The Bertz CT molecular complexity index is 1090. The van der Waals surface area contributed by atoms with Crippen molar-refractivity contribution in [2.75, 3.05) is 11.9 Å². The molecule has 0 unspecified atom stereocenters. The molecule has 2 N–H and O–H groups in total. The normalized spacial score (nSPS) is 10.8. The monoisotopic (exact) mass is 498 g/mol. The van der Waals surface area contributed by atoms with Crippen molar-refractivity contribution in [1.82, 2.24) is 15.1 Å². The molecule has 0 saturated carbocycles. The van der Waals surface area contributed by atoms with Crippen LogP contribution in [0.15, 0.2) is 59.2 Å². The fraction of sp³-hybridized carbons (Fsp3) is 0.292. The second-order valence-corrected chi connectivity index (χ2v) is 8.58. The van der Waals surface area contributed by atoms with Crippen LogP contribution in [0.1, 0.15) is 47.2 Å². The van der Waals surface area contributed by atoms with Crippen LogP contribution in [0.3, 0.4) is 0 Å². The molecule has 0 aliphatic rings. The van der Waals surface area contributed by atoms with E-state index >= 15 is 0 Å². The molecule has 1 heterocycles. The first-order valence-electron chi connectivity index (χ1n) is 10.5. The Morgan fingerprint density at radius 2 is 1.91 bits per heavy atom. The molecule has 0 saturated heterocycles. The quantitative estimate of drug-likeness (QED) is 0.440. The van der Waals surface area contributed by atoms with Gasteiger partial charge < -0.3 is 15.4 Å². The van der Waals surface area contributed by atoms with E-state index in [9.17, 15) is 9.59 Å². The zero-order chi connectivity index (χ0) is 23.1. The third kappa shape index (κ3) is 6.20. The molecule has 7 nitrogen and oxygen atoms in total. The molecule has 3 aromatic rings. The summed E-state index contributed by atoms with van der Waals surface area (Å²) in [4.78, 5) is 25.5. The summed E-state index contributed by atoms with van der Waals surface area (Å²) in [6.45, 7) is 7.39. The summed E-state index contributed by atoms with van der Waals surface area (Å²) in [6.07, 6.45) is 1.67. The molecule has 1 aromatic heterocycles. The summed E-state index contributed by atoms with van der Waals surface area (Å²) in [5.41, 5.74) is 1.91. The number of aromatic nitrogens is 2. The molecule has 0 atom stereocenters. The lowest BCUT2D eigenvalue weighted by atomic mass is 10.1. The van der Waals surface area contributed by atoms with Crippen molar-refractivity contribution in [2.24, 2.45) is 5.92 Å². The van der Waals surface area contributed by atoms with Gasteiger partial charge in [0.05, 0.1) is 10.2 Å². The Morgan fingerprint density at radius 3 is 2.62 bits per heavy atom. The second kappa shape index (κ2) is 10.9. The van der Waals surface area contributed by atoms with Crippen LogP contribution in [0.4, 0.5) is 5.69 Å². The van der Waals surface area contributed by atoms with E-state index in [1.54, 1.807) is 29.1 Å². The molecule has 0 spiro atoms. The van der Waals surface area contributed by atoms with Gasteiger partial charge in [0.1, 0.15) is 12.4 Å². The maximum absolute atomic E-state index is 12.9. The number of hydrogen-bond donors (Lipinski definition) is 2. The number of ether oxygens (including phenoxy) is 1. The number of carbonyl (C=O) groups excluding carboxylic acids is 2. The van der Waals surface area contributed by atoms with E-state index in [1.165, 1.54) is 0 Å². The molecule has 8 heteroatoms. The van der Waals surface area contributed by atoms with Gasteiger partial charge in [0, 0.05) is 24.8 Å². The average Bonchev–Trinajstić information content (AvgIpc) is 3.20. The smallest absolute Gasteiger partial charge is 0.273 e. The van der Waals surface area contributed by atoms with Crippen molar-refractivity contribution in [3.63, 3.8) is 0 Å². The number of nitrogens with zero attached hydrogens (tertiary/aromatic N) is 2. The summed E-state index contributed by atoms with van der Waals surface area (Å²) in [7, 11) is 0. The lowest BCUT2D eigenvalue weighted by Gasteiger charge is -2.10. The van der Waals surface area contributed by atoms with Crippen LogP contribution in [0.25, 0.3) is 0 Å². The van der Waals surface area contributed by atoms with Gasteiger partial charge in [-0.2, -0.15) is 5.10 Å². The van der Waals surface area contributed by atoms with Gasteiger partial charge in [0.15, 0.2) is 5.69 Å². The van der Waals surface area contributed by atoms with Gasteiger partial charge in [-0.1, -0.05) is 38.1 Å². The van der Waals surface area contributed by atoms with Gasteiger partial charge in [0.2, 0.25) is 0 Å². The molecule has 168 valence electrons. The summed E-state index contributed by atoms with van der Waals surface area (Å²) < 4.78 is 8.34. The largest absolute Gasteiger partial charge is 0.488 e. The van der Waals surface area contributed by atoms with Gasteiger partial charge in [0.25, 0.3) is 11.8 Å². The Hall–Kier alpha value is -3.13. The van der Waals surface area contributed by atoms with E-state index in [4.69, 9.17) is 4.74 Å². The molecular weight excluding hydrogens is 472 g/mol. The fourth-order valence-corrected chi connectivity index (χ4v) is 3.34. The molecule has 0 fully saturated rings. The summed E-state index contributed by atoms with van der Waals surface area (Å²) in [5, 5.41) is 9.99. The van der Waals surface area contributed by atoms with E-state index in [-0.39, 0.29) is 17.5 Å². The number of rotatable bonds is 9. The Labute approximate surface area is 196 Å². The number of nitrogens with one attached hydrogen (secondary N) is 2. The van der Waals surface area contributed by atoms with Gasteiger partial charge in [-0.25, -0.2) is 0 Å². The van der Waals surface area contributed by atoms with Crippen LogP contribution in [0, 0.1) is 5.92 Å². The molecule has 32 heavy (non-hydrogen) atoms. The number of carbonyl (C=O) groups is 2. The summed E-state index contributed by atoms with van der Waals surface area (Å²) in [6, 6.07) is 14.8. The van der Waals surface area contributed by atoms with Crippen LogP contribution < -0.4 is 15.4 Å². The van der Waals surface area contributed by atoms with Gasteiger partial charge >= 0.3 is 0 Å². The number of hydrogen-bond acceptors (Lipinski definition) is 4. The minimum absolute atomic E-state index is 0.203. The van der Waals surface area contributed by atoms with Gasteiger partial charge in [-0.15, -0.1) is 0 Å². The van der Waals surface area contributed by atoms with Crippen LogP contribution in [-0.2, 0) is 13.2 Å². The number of aryl methyl sites for hydroxylation is 1. The van der Waals surface area contributed by atoms with E-state index in [2.05, 4.69) is 31.7 Å². The fourth-order valence-electron chi connectivity index (χ4n) is 2.94. The minimum Gasteiger partial charge on any atom is -0.488 e. The Morgan fingerprint density at radius 1 is 1.12 bits per heavy atom. The number of para-hydroxylation sites is 1. The molecule has 0 aliphatic carbocycles. The Kier molecular flexibility index (Phi) is 8.05. The molecule has 0 radical (unpaired) electrons. The van der Waals surface area contributed by atoms with Crippen molar-refractivity contribution in [3.05, 3.63) is 76.0 Å². The summed E-state index contributed by atoms with van der Waals surface area (Å²) >= 11 is 3.46. The number of anilines is 1. The first-order valence-corrected chi connectivity index (χ1v) is 11.3. The van der Waals surface area contributed by atoms with Crippen LogP contribution in [0.2, 0.25) is 0 Å². The first kappa shape index (κ1) is 23.5. The number of halogens is 1. The van der Waals surface area contributed by atoms with E-state index in [0.29, 0.717) is 36.9 Å². The van der Waals surface area contributed by atoms with Crippen LogP contribution in [0.5, 0.6) is 5.75 Å². The lowest BCUT2D eigenvalue weighted by molar-refractivity contribution is 0.0944. The average molecular weight is 499 g/mol. The Balaban J connectivity index is 1.72. The van der Waals surface area contributed by atoms with Crippen molar-refractivity contribution < 1.29 is 14.3 Å². The zero-order valence-electron chi connectivity index (χ0n) is 18.4. The van der Waals surface area contributed by atoms with Gasteiger partial charge in [-0.05, 0) is 58.6 Å². The third-order valence-electron chi connectivity index (χ3n) is 4.64. The van der Waals surface area contributed by atoms with Crippen LogP contribution in [-0.4, -0.2) is 28.1 Å². The van der Waals surface area contributed by atoms with Crippen molar-refractivity contribution in [3.8, 4) is 5.75 Å². The SMILES string of the molecule is CCn1cc(NC(=O)c2cccc(COc3ccccc3Br)c2)c(C(=O)NCC(C)C)n1. The zero-order valence-corrected chi connectivity index (χ0v) is 20.0. The number of amides is 2. The number of benzene rings is 2. The highest BCUT2D eigenvalue weighted by Gasteiger charge is 2.19. The summed E-state index contributed by atoms with van der Waals surface area (Å²) in [5.74, 6) is 0.413. The van der Waals surface area contributed by atoms with Gasteiger partial charge in [-0.3, -0.25) is 14.3 Å². The molecule has 0 bridgehead atoms. The highest BCUT2D eigenvalue weighted by molar-refractivity contribution is 9.10. The van der Waals surface area contributed by atoms with E-state index < -0.39 is 0 Å². The van der Waals surface area contributed by atoms with Crippen LogP contribution >= 0.6 is 15.9 Å².